The van der Waals surface area contributed by atoms with Crippen molar-refractivity contribution in [2.45, 2.75) is 32.6 Å². The van der Waals surface area contributed by atoms with Gasteiger partial charge in [-0.05, 0) is 41.7 Å². The van der Waals surface area contributed by atoms with Crippen LogP contribution >= 0.6 is 0 Å². The van der Waals surface area contributed by atoms with Gasteiger partial charge in [0.25, 0.3) is 0 Å². The number of amides is 2. The van der Waals surface area contributed by atoms with Crippen molar-refractivity contribution in [2.24, 2.45) is 5.92 Å². The number of nitrogens with zero attached hydrogens (tertiary/aromatic N) is 1. The quantitative estimate of drug-likeness (QED) is 0.838. The highest BCUT2D eigenvalue weighted by Crippen LogP contribution is 2.26. The molecule has 1 aliphatic rings. The Kier molecular flexibility index (Phi) is 5.89. The lowest BCUT2D eigenvalue weighted by atomic mass is 10.0. The highest BCUT2D eigenvalue weighted by atomic mass is 19.1. The van der Waals surface area contributed by atoms with E-state index in [0.29, 0.717) is 25.4 Å². The summed E-state index contributed by atoms with van der Waals surface area (Å²) in [6.07, 6.45) is 0.885. The molecule has 0 saturated carbocycles. The van der Waals surface area contributed by atoms with Crippen molar-refractivity contribution >= 4 is 17.5 Å². The molecule has 2 aromatic carbocycles. The van der Waals surface area contributed by atoms with Crippen LogP contribution in [0.1, 0.15) is 37.3 Å². The lowest BCUT2D eigenvalue weighted by Gasteiger charge is -2.18. The fraction of sp³-hybridized carbons (Fsp3) is 0.364. The Labute approximate surface area is 159 Å². The number of carbonyl (C=O) groups is 2. The van der Waals surface area contributed by atoms with E-state index in [9.17, 15) is 14.0 Å². The van der Waals surface area contributed by atoms with Crippen LogP contribution in [-0.4, -0.2) is 29.8 Å². The van der Waals surface area contributed by atoms with Crippen LogP contribution in [0.25, 0.3) is 0 Å². The van der Waals surface area contributed by atoms with E-state index in [2.05, 4.69) is 19.2 Å². The summed E-state index contributed by atoms with van der Waals surface area (Å²) in [4.78, 5) is 26.7. The maximum Gasteiger partial charge on any atom is 0.229 e. The SMILES string of the molecule is CC(C)c1ccccc1NC(=O)[C@@H]1CC(=O)N(CCc2ccc(F)cc2)C1. The average Bonchev–Trinajstić information content (AvgIpc) is 3.02. The van der Waals surface area contributed by atoms with Crippen LogP contribution in [0.3, 0.4) is 0 Å². The predicted molar refractivity (Wildman–Crippen MR) is 104 cm³/mol. The molecule has 2 amide bonds. The summed E-state index contributed by atoms with van der Waals surface area (Å²) in [6, 6.07) is 14.1. The van der Waals surface area contributed by atoms with Crippen LogP contribution < -0.4 is 5.32 Å². The third-order valence-electron chi connectivity index (χ3n) is 5.01. The molecule has 4 nitrogen and oxygen atoms in total. The Morgan fingerprint density at radius 3 is 2.59 bits per heavy atom. The van der Waals surface area contributed by atoms with Gasteiger partial charge in [-0.3, -0.25) is 9.59 Å². The average molecular weight is 368 g/mol. The van der Waals surface area contributed by atoms with Crippen LogP contribution in [0.5, 0.6) is 0 Å². The molecule has 0 unspecified atom stereocenters. The predicted octanol–water partition coefficient (Wildman–Crippen LogP) is 3.98. The molecule has 1 atom stereocenters. The Balaban J connectivity index is 1.58. The van der Waals surface area contributed by atoms with E-state index in [1.165, 1.54) is 12.1 Å². The molecular weight excluding hydrogens is 343 g/mol. The number of para-hydroxylation sites is 1. The summed E-state index contributed by atoms with van der Waals surface area (Å²) in [5.41, 5.74) is 2.88. The van der Waals surface area contributed by atoms with Crippen molar-refractivity contribution in [2.75, 3.05) is 18.4 Å². The van der Waals surface area contributed by atoms with Crippen LogP contribution in [0.2, 0.25) is 0 Å². The number of hydrogen-bond donors (Lipinski definition) is 1. The highest BCUT2D eigenvalue weighted by Gasteiger charge is 2.34. The van der Waals surface area contributed by atoms with Crippen molar-refractivity contribution < 1.29 is 14.0 Å². The van der Waals surface area contributed by atoms with Gasteiger partial charge in [-0.15, -0.1) is 0 Å². The molecule has 1 fully saturated rings. The summed E-state index contributed by atoms with van der Waals surface area (Å²) in [7, 11) is 0. The van der Waals surface area contributed by atoms with Gasteiger partial charge in [0.1, 0.15) is 5.82 Å². The summed E-state index contributed by atoms with van der Waals surface area (Å²) in [5.74, 6) is -0.422. The molecule has 5 heteroatoms. The van der Waals surface area contributed by atoms with E-state index >= 15 is 0 Å². The zero-order chi connectivity index (χ0) is 19.4. The van der Waals surface area contributed by atoms with Crippen molar-refractivity contribution in [1.82, 2.24) is 4.90 Å². The van der Waals surface area contributed by atoms with E-state index in [4.69, 9.17) is 0 Å². The molecule has 0 aromatic heterocycles. The van der Waals surface area contributed by atoms with Gasteiger partial charge < -0.3 is 10.2 Å². The second-order valence-corrected chi connectivity index (χ2v) is 7.35. The fourth-order valence-corrected chi connectivity index (χ4v) is 3.43. The lowest BCUT2D eigenvalue weighted by Crippen LogP contribution is -2.30. The third-order valence-corrected chi connectivity index (χ3v) is 5.01. The molecule has 1 aliphatic heterocycles. The number of benzene rings is 2. The first-order valence-electron chi connectivity index (χ1n) is 9.36. The lowest BCUT2D eigenvalue weighted by molar-refractivity contribution is -0.128. The molecule has 1 saturated heterocycles. The van der Waals surface area contributed by atoms with Crippen LogP contribution in [0.4, 0.5) is 10.1 Å². The van der Waals surface area contributed by atoms with Crippen molar-refractivity contribution in [1.29, 1.82) is 0 Å². The van der Waals surface area contributed by atoms with Gasteiger partial charge in [0.15, 0.2) is 0 Å². The monoisotopic (exact) mass is 368 g/mol. The van der Waals surface area contributed by atoms with Gasteiger partial charge in [-0.1, -0.05) is 44.2 Å². The number of hydrogen-bond acceptors (Lipinski definition) is 2. The first-order chi connectivity index (χ1) is 12.9. The largest absolute Gasteiger partial charge is 0.342 e. The molecule has 1 N–H and O–H groups in total. The van der Waals surface area contributed by atoms with Crippen molar-refractivity contribution in [3.05, 3.63) is 65.5 Å². The van der Waals surface area contributed by atoms with Gasteiger partial charge in [0.05, 0.1) is 5.92 Å². The van der Waals surface area contributed by atoms with E-state index in [-0.39, 0.29) is 30.0 Å². The minimum atomic E-state index is -0.342. The Morgan fingerprint density at radius 1 is 1.19 bits per heavy atom. The fourth-order valence-electron chi connectivity index (χ4n) is 3.43. The molecule has 0 aliphatic carbocycles. The molecule has 1 heterocycles. The Morgan fingerprint density at radius 2 is 1.89 bits per heavy atom. The first-order valence-corrected chi connectivity index (χ1v) is 9.36. The third kappa shape index (κ3) is 4.73. The summed E-state index contributed by atoms with van der Waals surface area (Å²) < 4.78 is 13.0. The number of halogens is 1. The molecule has 142 valence electrons. The zero-order valence-electron chi connectivity index (χ0n) is 15.7. The standard InChI is InChI=1S/C22H25FN2O2/c1-15(2)19-5-3-4-6-20(19)24-22(27)17-13-21(26)25(14-17)12-11-16-7-9-18(23)10-8-16/h3-10,15,17H,11-14H2,1-2H3,(H,24,27)/t17-/m1/s1. The van der Waals surface area contributed by atoms with Gasteiger partial charge >= 0.3 is 0 Å². The molecule has 27 heavy (non-hydrogen) atoms. The van der Waals surface area contributed by atoms with E-state index in [1.54, 1.807) is 17.0 Å². The number of nitrogens with one attached hydrogen (secondary N) is 1. The number of likely N-dealkylation sites (tertiary alicyclic amines) is 1. The van der Waals surface area contributed by atoms with Crippen molar-refractivity contribution in [3.63, 3.8) is 0 Å². The Hall–Kier alpha value is -2.69. The number of anilines is 1. The van der Waals surface area contributed by atoms with Gasteiger partial charge in [-0.25, -0.2) is 4.39 Å². The molecular formula is C22H25FN2O2. The summed E-state index contributed by atoms with van der Waals surface area (Å²) in [5, 5.41) is 3.00. The van der Waals surface area contributed by atoms with E-state index < -0.39 is 0 Å². The number of carbonyl (C=O) groups excluding carboxylic acids is 2. The molecule has 0 radical (unpaired) electrons. The van der Waals surface area contributed by atoms with Gasteiger partial charge in [-0.2, -0.15) is 0 Å². The second kappa shape index (κ2) is 8.33. The first kappa shape index (κ1) is 19.1. The molecule has 2 aromatic rings. The minimum absolute atomic E-state index is 0.00518. The van der Waals surface area contributed by atoms with Crippen LogP contribution in [0.15, 0.2) is 48.5 Å². The maximum absolute atomic E-state index is 13.0. The Bertz CT molecular complexity index is 817. The number of rotatable bonds is 6. The molecule has 0 spiro atoms. The maximum atomic E-state index is 13.0. The molecule has 0 bridgehead atoms. The summed E-state index contributed by atoms with van der Waals surface area (Å²) in [6.45, 7) is 5.13. The van der Waals surface area contributed by atoms with Crippen molar-refractivity contribution in [3.8, 4) is 0 Å². The highest BCUT2D eigenvalue weighted by molar-refractivity contribution is 5.97. The van der Waals surface area contributed by atoms with Crippen LogP contribution in [0, 0.1) is 11.7 Å². The van der Waals surface area contributed by atoms with Gasteiger partial charge in [0, 0.05) is 25.2 Å². The minimum Gasteiger partial charge on any atom is -0.342 e. The van der Waals surface area contributed by atoms with E-state index in [1.807, 2.05) is 24.3 Å². The zero-order valence-corrected chi connectivity index (χ0v) is 15.7. The second-order valence-electron chi connectivity index (χ2n) is 7.35. The van der Waals surface area contributed by atoms with E-state index in [0.717, 1.165) is 16.8 Å². The summed E-state index contributed by atoms with van der Waals surface area (Å²) >= 11 is 0. The van der Waals surface area contributed by atoms with Gasteiger partial charge in [0.2, 0.25) is 11.8 Å². The normalized spacial score (nSPS) is 16.8. The molecule has 3 rings (SSSR count). The topological polar surface area (TPSA) is 49.4 Å². The van der Waals surface area contributed by atoms with Crippen LogP contribution in [-0.2, 0) is 16.0 Å². The smallest absolute Gasteiger partial charge is 0.229 e.